The van der Waals surface area contributed by atoms with Crippen molar-refractivity contribution in [1.82, 2.24) is 4.72 Å². The standard InChI is InChI=1S/C19H20N2O5S/c1-12(2)21-27(24,25)15-9-7-14(8-10-15)20-18(22)17-11-13-5-3-4-6-16(13)19(23)26-17/h3-10,12,17,21H,11H2,1-2H3,(H,20,22)/t17-/m0/s1. The van der Waals surface area contributed by atoms with Crippen molar-refractivity contribution >= 4 is 27.6 Å². The van der Waals surface area contributed by atoms with E-state index in [1.54, 1.807) is 38.1 Å². The first-order valence-electron chi connectivity index (χ1n) is 8.48. The third-order valence-corrected chi connectivity index (χ3v) is 5.68. The lowest BCUT2D eigenvalue weighted by molar-refractivity contribution is -0.125. The topological polar surface area (TPSA) is 102 Å². The molecule has 1 aliphatic heterocycles. The number of nitrogens with one attached hydrogen (secondary N) is 2. The van der Waals surface area contributed by atoms with Crippen molar-refractivity contribution in [2.24, 2.45) is 0 Å². The van der Waals surface area contributed by atoms with Gasteiger partial charge in [-0.2, -0.15) is 0 Å². The summed E-state index contributed by atoms with van der Waals surface area (Å²) in [6.45, 7) is 3.46. The number of carbonyl (C=O) groups excluding carboxylic acids is 2. The molecule has 7 nitrogen and oxygen atoms in total. The van der Waals surface area contributed by atoms with Crippen molar-refractivity contribution in [3.63, 3.8) is 0 Å². The van der Waals surface area contributed by atoms with Crippen LogP contribution in [0.15, 0.2) is 53.4 Å². The average Bonchev–Trinajstić information content (AvgIpc) is 2.61. The van der Waals surface area contributed by atoms with E-state index in [-0.39, 0.29) is 10.9 Å². The molecular formula is C19H20N2O5S. The van der Waals surface area contributed by atoms with Gasteiger partial charge in [-0.15, -0.1) is 0 Å². The zero-order valence-corrected chi connectivity index (χ0v) is 15.7. The maximum atomic E-state index is 12.4. The van der Waals surface area contributed by atoms with Gasteiger partial charge in [0, 0.05) is 18.2 Å². The van der Waals surface area contributed by atoms with E-state index in [1.165, 1.54) is 24.3 Å². The quantitative estimate of drug-likeness (QED) is 0.764. The summed E-state index contributed by atoms with van der Waals surface area (Å²) >= 11 is 0. The molecule has 0 radical (unpaired) electrons. The molecule has 0 aliphatic carbocycles. The highest BCUT2D eigenvalue weighted by Gasteiger charge is 2.31. The Morgan fingerprint density at radius 1 is 1.11 bits per heavy atom. The first-order valence-corrected chi connectivity index (χ1v) is 9.97. The van der Waals surface area contributed by atoms with Gasteiger partial charge in [-0.05, 0) is 49.7 Å². The third kappa shape index (κ3) is 4.35. The normalized spacial score (nSPS) is 16.6. The SMILES string of the molecule is CC(C)NS(=O)(=O)c1ccc(NC(=O)[C@@H]2Cc3ccccc3C(=O)O2)cc1. The van der Waals surface area contributed by atoms with Crippen LogP contribution in [0.2, 0.25) is 0 Å². The Balaban J connectivity index is 1.69. The molecule has 2 N–H and O–H groups in total. The summed E-state index contributed by atoms with van der Waals surface area (Å²) in [6, 6.07) is 12.6. The highest BCUT2D eigenvalue weighted by molar-refractivity contribution is 7.89. The van der Waals surface area contributed by atoms with Crippen LogP contribution in [-0.2, 0) is 26.0 Å². The Morgan fingerprint density at radius 2 is 1.78 bits per heavy atom. The van der Waals surface area contributed by atoms with Gasteiger partial charge in [0.05, 0.1) is 10.5 Å². The first kappa shape index (κ1) is 19.1. The molecule has 1 atom stereocenters. The number of sulfonamides is 1. The van der Waals surface area contributed by atoms with E-state index in [0.717, 1.165) is 5.56 Å². The van der Waals surface area contributed by atoms with Crippen LogP contribution in [0.4, 0.5) is 5.69 Å². The first-order chi connectivity index (χ1) is 12.8. The molecule has 0 aromatic heterocycles. The molecule has 0 unspecified atom stereocenters. The zero-order valence-electron chi connectivity index (χ0n) is 14.9. The molecule has 0 fully saturated rings. The van der Waals surface area contributed by atoms with Crippen LogP contribution in [0.25, 0.3) is 0 Å². The minimum absolute atomic E-state index is 0.104. The predicted molar refractivity (Wildman–Crippen MR) is 99.9 cm³/mol. The molecule has 2 aromatic rings. The monoisotopic (exact) mass is 388 g/mol. The number of ether oxygens (including phenoxy) is 1. The number of fused-ring (bicyclic) bond motifs is 1. The Hall–Kier alpha value is -2.71. The molecule has 0 spiro atoms. The lowest BCUT2D eigenvalue weighted by Crippen LogP contribution is -2.38. The van der Waals surface area contributed by atoms with Crippen molar-refractivity contribution in [3.05, 3.63) is 59.7 Å². The van der Waals surface area contributed by atoms with Gasteiger partial charge in [0.25, 0.3) is 5.91 Å². The Morgan fingerprint density at radius 3 is 2.44 bits per heavy atom. The smallest absolute Gasteiger partial charge is 0.339 e. The van der Waals surface area contributed by atoms with Crippen LogP contribution in [0, 0.1) is 0 Å². The van der Waals surface area contributed by atoms with Crippen molar-refractivity contribution in [2.45, 2.75) is 37.3 Å². The number of rotatable bonds is 5. The number of hydrogen-bond donors (Lipinski definition) is 2. The van der Waals surface area contributed by atoms with E-state index in [4.69, 9.17) is 4.74 Å². The minimum Gasteiger partial charge on any atom is -0.448 e. The molecular weight excluding hydrogens is 368 g/mol. The van der Waals surface area contributed by atoms with Gasteiger partial charge >= 0.3 is 5.97 Å². The summed E-state index contributed by atoms with van der Waals surface area (Å²) in [6.07, 6.45) is -0.642. The van der Waals surface area contributed by atoms with Crippen LogP contribution in [0.3, 0.4) is 0 Å². The summed E-state index contributed by atoms with van der Waals surface area (Å²) < 4.78 is 31.9. The van der Waals surface area contributed by atoms with Gasteiger partial charge in [0.2, 0.25) is 10.0 Å². The lowest BCUT2D eigenvalue weighted by Gasteiger charge is -2.23. The van der Waals surface area contributed by atoms with Gasteiger partial charge in [-0.3, -0.25) is 4.79 Å². The number of cyclic esters (lactones) is 1. The largest absolute Gasteiger partial charge is 0.448 e. The number of anilines is 1. The van der Waals surface area contributed by atoms with Gasteiger partial charge in [0.15, 0.2) is 6.10 Å². The average molecular weight is 388 g/mol. The van der Waals surface area contributed by atoms with E-state index in [0.29, 0.717) is 17.7 Å². The Labute approximate surface area is 157 Å². The molecule has 3 rings (SSSR count). The van der Waals surface area contributed by atoms with Crippen molar-refractivity contribution in [1.29, 1.82) is 0 Å². The number of carbonyl (C=O) groups is 2. The van der Waals surface area contributed by atoms with E-state index in [1.807, 2.05) is 0 Å². The van der Waals surface area contributed by atoms with E-state index in [2.05, 4.69) is 10.0 Å². The second-order valence-corrected chi connectivity index (χ2v) is 8.26. The summed E-state index contributed by atoms with van der Waals surface area (Å²) in [4.78, 5) is 24.6. The summed E-state index contributed by atoms with van der Waals surface area (Å²) in [5.74, 6) is -0.994. The fraction of sp³-hybridized carbons (Fsp3) is 0.263. The highest BCUT2D eigenvalue weighted by Crippen LogP contribution is 2.22. The number of hydrogen-bond acceptors (Lipinski definition) is 5. The second-order valence-electron chi connectivity index (χ2n) is 6.54. The van der Waals surface area contributed by atoms with Crippen LogP contribution in [0.5, 0.6) is 0 Å². The van der Waals surface area contributed by atoms with Gasteiger partial charge in [0.1, 0.15) is 0 Å². The molecule has 0 bridgehead atoms. The Bertz CT molecular complexity index is 968. The molecule has 27 heavy (non-hydrogen) atoms. The lowest BCUT2D eigenvalue weighted by atomic mass is 9.98. The zero-order chi connectivity index (χ0) is 19.6. The number of esters is 1. The summed E-state index contributed by atoms with van der Waals surface area (Å²) in [7, 11) is -3.60. The molecule has 1 aliphatic rings. The predicted octanol–water partition coefficient (Wildman–Crippen LogP) is 2.09. The molecule has 2 aromatic carbocycles. The fourth-order valence-electron chi connectivity index (χ4n) is 2.80. The minimum atomic E-state index is -3.60. The third-order valence-electron chi connectivity index (χ3n) is 4.01. The molecule has 1 amide bonds. The second kappa shape index (κ2) is 7.50. The maximum absolute atomic E-state index is 12.4. The van der Waals surface area contributed by atoms with E-state index in [9.17, 15) is 18.0 Å². The van der Waals surface area contributed by atoms with Crippen molar-refractivity contribution in [2.75, 3.05) is 5.32 Å². The van der Waals surface area contributed by atoms with Crippen molar-refractivity contribution in [3.8, 4) is 0 Å². The number of benzene rings is 2. The highest BCUT2D eigenvalue weighted by atomic mass is 32.2. The van der Waals surface area contributed by atoms with Crippen LogP contribution < -0.4 is 10.0 Å². The van der Waals surface area contributed by atoms with Crippen LogP contribution >= 0.6 is 0 Å². The van der Waals surface area contributed by atoms with Gasteiger partial charge < -0.3 is 10.1 Å². The van der Waals surface area contributed by atoms with Gasteiger partial charge in [-0.1, -0.05) is 18.2 Å². The maximum Gasteiger partial charge on any atom is 0.339 e. The van der Waals surface area contributed by atoms with E-state index < -0.39 is 28.0 Å². The molecule has 1 heterocycles. The molecule has 0 saturated carbocycles. The van der Waals surface area contributed by atoms with Crippen molar-refractivity contribution < 1.29 is 22.7 Å². The van der Waals surface area contributed by atoms with Crippen LogP contribution in [0.1, 0.15) is 29.8 Å². The molecule has 142 valence electrons. The summed E-state index contributed by atoms with van der Waals surface area (Å²) in [5.41, 5.74) is 1.64. The molecule has 8 heteroatoms. The summed E-state index contributed by atoms with van der Waals surface area (Å²) in [5, 5.41) is 2.65. The molecule has 0 saturated heterocycles. The fourth-order valence-corrected chi connectivity index (χ4v) is 4.05. The van der Waals surface area contributed by atoms with Gasteiger partial charge in [-0.25, -0.2) is 17.9 Å². The Kier molecular flexibility index (Phi) is 5.29. The van der Waals surface area contributed by atoms with E-state index >= 15 is 0 Å². The number of amides is 1. The van der Waals surface area contributed by atoms with Crippen LogP contribution in [-0.4, -0.2) is 32.4 Å².